The Kier molecular flexibility index (Phi) is 4.08. The molecule has 0 radical (unpaired) electrons. The van der Waals surface area contributed by atoms with Crippen LogP contribution in [-0.4, -0.2) is 31.2 Å². The molecule has 4 heterocycles. The van der Waals surface area contributed by atoms with E-state index in [1.54, 1.807) is 53.4 Å². The molecular formula is C22H18N4O3. The van der Waals surface area contributed by atoms with Crippen LogP contribution in [0.3, 0.4) is 0 Å². The SMILES string of the molecule is O=C1c2ccccc2C(=O)N1[C@@H]1CCCCn2c1nc(-c1ccncc1)cc2=O. The summed E-state index contributed by atoms with van der Waals surface area (Å²) >= 11 is 0. The topological polar surface area (TPSA) is 85.2 Å². The van der Waals surface area contributed by atoms with Crippen molar-refractivity contribution in [2.45, 2.75) is 31.8 Å². The number of pyridine rings is 1. The van der Waals surface area contributed by atoms with Crippen molar-refractivity contribution in [1.82, 2.24) is 19.4 Å². The summed E-state index contributed by atoms with van der Waals surface area (Å²) in [4.78, 5) is 49.0. The summed E-state index contributed by atoms with van der Waals surface area (Å²) in [5, 5.41) is 0. The quantitative estimate of drug-likeness (QED) is 0.632. The monoisotopic (exact) mass is 386 g/mol. The number of amides is 2. The van der Waals surface area contributed by atoms with E-state index >= 15 is 0 Å². The zero-order valence-corrected chi connectivity index (χ0v) is 15.6. The highest BCUT2D eigenvalue weighted by Gasteiger charge is 2.42. The third-order valence-electron chi connectivity index (χ3n) is 5.56. The van der Waals surface area contributed by atoms with Crippen LogP contribution in [0.15, 0.2) is 59.7 Å². The molecule has 0 saturated carbocycles. The van der Waals surface area contributed by atoms with E-state index in [2.05, 4.69) is 4.98 Å². The highest BCUT2D eigenvalue weighted by atomic mass is 16.2. The van der Waals surface area contributed by atoms with Gasteiger partial charge in [0, 0.05) is 30.6 Å². The number of rotatable bonds is 2. The van der Waals surface area contributed by atoms with Crippen LogP contribution >= 0.6 is 0 Å². The molecule has 0 unspecified atom stereocenters. The fraction of sp³-hybridized carbons (Fsp3) is 0.227. The van der Waals surface area contributed by atoms with Gasteiger partial charge in [0.05, 0.1) is 22.9 Å². The zero-order valence-electron chi connectivity index (χ0n) is 15.6. The fourth-order valence-corrected chi connectivity index (χ4v) is 4.15. The third kappa shape index (κ3) is 2.77. The minimum Gasteiger partial charge on any atom is -0.295 e. The van der Waals surface area contributed by atoms with Gasteiger partial charge in [0.25, 0.3) is 17.4 Å². The van der Waals surface area contributed by atoms with Gasteiger partial charge in [-0.3, -0.25) is 28.8 Å². The molecule has 1 aromatic carbocycles. The van der Waals surface area contributed by atoms with E-state index in [-0.39, 0.29) is 17.4 Å². The smallest absolute Gasteiger partial charge is 0.262 e. The molecule has 2 amide bonds. The molecule has 0 fully saturated rings. The predicted molar refractivity (Wildman–Crippen MR) is 105 cm³/mol. The summed E-state index contributed by atoms with van der Waals surface area (Å²) < 4.78 is 1.60. The predicted octanol–water partition coefficient (Wildman–Crippen LogP) is 2.83. The van der Waals surface area contributed by atoms with Gasteiger partial charge < -0.3 is 0 Å². The maximum atomic E-state index is 13.0. The van der Waals surface area contributed by atoms with Crippen molar-refractivity contribution in [1.29, 1.82) is 0 Å². The number of hydrogen-bond acceptors (Lipinski definition) is 5. The molecule has 7 heteroatoms. The number of aromatic nitrogens is 3. The van der Waals surface area contributed by atoms with Crippen molar-refractivity contribution in [2.24, 2.45) is 0 Å². The Balaban J connectivity index is 1.66. The maximum absolute atomic E-state index is 13.0. The van der Waals surface area contributed by atoms with Gasteiger partial charge in [0.1, 0.15) is 5.82 Å². The average molecular weight is 386 g/mol. The molecular weight excluding hydrogens is 368 g/mol. The molecule has 7 nitrogen and oxygen atoms in total. The second-order valence-electron chi connectivity index (χ2n) is 7.26. The van der Waals surface area contributed by atoms with Gasteiger partial charge in [-0.15, -0.1) is 0 Å². The average Bonchev–Trinajstić information content (AvgIpc) is 2.89. The van der Waals surface area contributed by atoms with E-state index in [1.165, 1.54) is 11.0 Å². The first kappa shape index (κ1) is 17.5. The van der Waals surface area contributed by atoms with Crippen LogP contribution in [0.4, 0.5) is 0 Å². The Labute approximate surface area is 166 Å². The number of fused-ring (bicyclic) bond motifs is 2. The summed E-state index contributed by atoms with van der Waals surface area (Å²) in [5.74, 6) is -0.184. The number of imide groups is 1. The summed E-state index contributed by atoms with van der Waals surface area (Å²) in [6, 6.07) is 11.3. The molecule has 2 aliphatic rings. The van der Waals surface area contributed by atoms with Gasteiger partial charge in [-0.2, -0.15) is 0 Å². The largest absolute Gasteiger partial charge is 0.295 e. The van der Waals surface area contributed by atoms with E-state index in [4.69, 9.17) is 4.98 Å². The number of benzene rings is 1. The Hall–Kier alpha value is -3.61. The lowest BCUT2D eigenvalue weighted by molar-refractivity contribution is 0.0565. The third-order valence-corrected chi connectivity index (χ3v) is 5.56. The maximum Gasteiger partial charge on any atom is 0.262 e. The molecule has 29 heavy (non-hydrogen) atoms. The van der Waals surface area contributed by atoms with Crippen molar-refractivity contribution in [2.75, 3.05) is 0 Å². The molecule has 2 aliphatic heterocycles. The Morgan fingerprint density at radius 1 is 0.897 bits per heavy atom. The van der Waals surface area contributed by atoms with Crippen molar-refractivity contribution in [3.05, 3.63) is 82.2 Å². The van der Waals surface area contributed by atoms with Crippen LogP contribution < -0.4 is 5.56 Å². The molecule has 0 N–H and O–H groups in total. The second-order valence-corrected chi connectivity index (χ2v) is 7.26. The van der Waals surface area contributed by atoms with E-state index < -0.39 is 6.04 Å². The lowest BCUT2D eigenvalue weighted by Crippen LogP contribution is -2.37. The van der Waals surface area contributed by atoms with Gasteiger partial charge in [-0.25, -0.2) is 4.98 Å². The molecule has 0 aliphatic carbocycles. The lowest BCUT2D eigenvalue weighted by Gasteiger charge is -2.26. The molecule has 2 aromatic heterocycles. The van der Waals surface area contributed by atoms with Crippen LogP contribution in [0.25, 0.3) is 11.3 Å². The summed E-state index contributed by atoms with van der Waals surface area (Å²) in [5.41, 5.74) is 1.92. The zero-order chi connectivity index (χ0) is 20.0. The molecule has 144 valence electrons. The second kappa shape index (κ2) is 6.77. The van der Waals surface area contributed by atoms with Crippen molar-refractivity contribution in [3.63, 3.8) is 0 Å². The van der Waals surface area contributed by atoms with Crippen molar-refractivity contribution < 1.29 is 9.59 Å². The van der Waals surface area contributed by atoms with Gasteiger partial charge in [0.2, 0.25) is 0 Å². The number of hydrogen-bond donors (Lipinski definition) is 0. The van der Waals surface area contributed by atoms with Gasteiger partial charge in [0.15, 0.2) is 0 Å². The number of nitrogens with zero attached hydrogens (tertiary/aromatic N) is 4. The number of carbonyl (C=O) groups excluding carboxylic acids is 2. The molecule has 3 aromatic rings. The standard InChI is InChI=1S/C22H18N4O3/c27-19-13-17(14-8-10-23-11-9-14)24-20-18(7-3-4-12-25(19)20)26-21(28)15-5-1-2-6-16(15)22(26)29/h1-2,5-6,8-11,13,18H,3-4,7,12H2/t18-/m1/s1. The minimum atomic E-state index is -0.570. The minimum absolute atomic E-state index is 0.176. The van der Waals surface area contributed by atoms with Crippen LogP contribution in [0, 0.1) is 0 Å². The van der Waals surface area contributed by atoms with E-state index in [0.717, 1.165) is 18.4 Å². The normalized spacial score (nSPS) is 18.3. The molecule has 1 atom stereocenters. The van der Waals surface area contributed by atoms with Crippen LogP contribution in [-0.2, 0) is 6.54 Å². The summed E-state index contributed by atoms with van der Waals surface area (Å²) in [6.45, 7) is 0.525. The molecule has 0 bridgehead atoms. The van der Waals surface area contributed by atoms with Crippen LogP contribution in [0.1, 0.15) is 51.8 Å². The number of carbonyl (C=O) groups is 2. The van der Waals surface area contributed by atoms with Gasteiger partial charge in [-0.05, 0) is 43.5 Å². The molecule has 0 spiro atoms. The first-order valence-corrected chi connectivity index (χ1v) is 9.64. The van der Waals surface area contributed by atoms with E-state index in [9.17, 15) is 14.4 Å². The van der Waals surface area contributed by atoms with Gasteiger partial charge >= 0.3 is 0 Å². The highest BCUT2D eigenvalue weighted by Crippen LogP contribution is 2.35. The van der Waals surface area contributed by atoms with Crippen LogP contribution in [0.5, 0.6) is 0 Å². The van der Waals surface area contributed by atoms with E-state index in [0.29, 0.717) is 35.6 Å². The van der Waals surface area contributed by atoms with Crippen LogP contribution in [0.2, 0.25) is 0 Å². The Morgan fingerprint density at radius 3 is 2.28 bits per heavy atom. The summed E-state index contributed by atoms with van der Waals surface area (Å²) in [7, 11) is 0. The Bertz CT molecular complexity index is 1150. The first-order chi connectivity index (χ1) is 14.1. The lowest BCUT2D eigenvalue weighted by atomic mass is 10.1. The first-order valence-electron chi connectivity index (χ1n) is 9.64. The summed E-state index contributed by atoms with van der Waals surface area (Å²) in [6.07, 6.45) is 5.45. The molecule has 5 rings (SSSR count). The highest BCUT2D eigenvalue weighted by molar-refractivity contribution is 6.21. The fourth-order valence-electron chi connectivity index (χ4n) is 4.15. The molecule has 0 saturated heterocycles. The van der Waals surface area contributed by atoms with Gasteiger partial charge in [-0.1, -0.05) is 12.1 Å². The van der Waals surface area contributed by atoms with Crippen molar-refractivity contribution in [3.8, 4) is 11.3 Å². The van der Waals surface area contributed by atoms with E-state index in [1.807, 2.05) is 0 Å². The van der Waals surface area contributed by atoms with Crippen molar-refractivity contribution >= 4 is 11.8 Å². The Morgan fingerprint density at radius 2 is 1.59 bits per heavy atom.